The molecule has 0 unspecified atom stereocenters. The number of nitrogens with zero attached hydrogens (tertiary/aromatic N) is 2. The Morgan fingerprint density at radius 1 is 1.39 bits per heavy atom. The summed E-state index contributed by atoms with van der Waals surface area (Å²) < 4.78 is 5.56. The third-order valence-electron chi connectivity index (χ3n) is 2.53. The highest BCUT2D eigenvalue weighted by Gasteiger charge is 2.10. The van der Waals surface area contributed by atoms with Gasteiger partial charge in [-0.25, -0.2) is 0 Å². The molecular weight excluding hydrogens is 365 g/mol. The summed E-state index contributed by atoms with van der Waals surface area (Å²) in [5.41, 5.74) is 0. The van der Waals surface area contributed by atoms with Crippen molar-refractivity contribution in [1.29, 1.82) is 0 Å². The minimum absolute atomic E-state index is 0. The summed E-state index contributed by atoms with van der Waals surface area (Å²) in [5.74, 6) is 1.78. The highest BCUT2D eigenvalue weighted by Crippen LogP contribution is 2.15. The second kappa shape index (κ2) is 7.68. The van der Waals surface area contributed by atoms with E-state index < -0.39 is 0 Å². The summed E-state index contributed by atoms with van der Waals surface area (Å²) in [4.78, 5) is 6.43. The van der Waals surface area contributed by atoms with Crippen LogP contribution in [0.2, 0.25) is 5.02 Å². The molecule has 1 aromatic rings. The van der Waals surface area contributed by atoms with E-state index in [2.05, 4.69) is 15.2 Å². The molecule has 1 aliphatic heterocycles. The van der Waals surface area contributed by atoms with Gasteiger partial charge in [0.15, 0.2) is 5.96 Å². The Hall–Kier alpha value is -0.690. The highest BCUT2D eigenvalue weighted by molar-refractivity contribution is 14.0. The van der Waals surface area contributed by atoms with E-state index in [9.17, 15) is 0 Å². The van der Waals surface area contributed by atoms with Gasteiger partial charge in [-0.2, -0.15) is 0 Å². The molecule has 0 saturated heterocycles. The van der Waals surface area contributed by atoms with Gasteiger partial charge in [0.2, 0.25) is 0 Å². The number of aliphatic imine (C=N–C) groups is 1. The predicted molar refractivity (Wildman–Crippen MR) is 85.3 cm³/mol. The van der Waals surface area contributed by atoms with Crippen molar-refractivity contribution in [2.45, 2.75) is 0 Å². The normalized spacial score (nSPS) is 13.9. The summed E-state index contributed by atoms with van der Waals surface area (Å²) in [6.07, 6.45) is 0. The van der Waals surface area contributed by atoms with E-state index in [1.807, 2.05) is 31.3 Å². The van der Waals surface area contributed by atoms with E-state index in [-0.39, 0.29) is 24.0 Å². The Kier molecular flexibility index (Phi) is 6.56. The van der Waals surface area contributed by atoms with Gasteiger partial charge in [-0.05, 0) is 24.3 Å². The molecule has 0 radical (unpaired) electrons. The van der Waals surface area contributed by atoms with Crippen LogP contribution in [0, 0.1) is 0 Å². The summed E-state index contributed by atoms with van der Waals surface area (Å²) in [6, 6.07) is 7.36. The first kappa shape index (κ1) is 15.4. The molecule has 0 aromatic heterocycles. The van der Waals surface area contributed by atoms with E-state index in [0.717, 1.165) is 36.4 Å². The molecule has 6 heteroatoms. The first-order chi connectivity index (χ1) is 8.25. The van der Waals surface area contributed by atoms with Crippen molar-refractivity contribution in [3.63, 3.8) is 0 Å². The Labute approximate surface area is 129 Å². The van der Waals surface area contributed by atoms with Crippen LogP contribution in [-0.4, -0.2) is 44.1 Å². The van der Waals surface area contributed by atoms with E-state index in [1.54, 1.807) is 0 Å². The van der Waals surface area contributed by atoms with E-state index in [4.69, 9.17) is 16.3 Å². The van der Waals surface area contributed by atoms with Crippen LogP contribution in [0.4, 0.5) is 0 Å². The lowest BCUT2D eigenvalue weighted by atomic mass is 10.3. The van der Waals surface area contributed by atoms with Crippen LogP contribution >= 0.6 is 35.6 Å². The lowest BCUT2D eigenvalue weighted by molar-refractivity contribution is 0.320. The maximum absolute atomic E-state index is 5.79. The third kappa shape index (κ3) is 4.53. The van der Waals surface area contributed by atoms with Gasteiger partial charge in [0.05, 0.1) is 13.1 Å². The summed E-state index contributed by atoms with van der Waals surface area (Å²) in [5, 5.41) is 3.96. The molecule has 0 bridgehead atoms. The molecule has 0 amide bonds. The van der Waals surface area contributed by atoms with E-state index >= 15 is 0 Å². The molecule has 0 spiro atoms. The minimum Gasteiger partial charge on any atom is -0.492 e. The molecule has 1 heterocycles. The molecule has 2 rings (SSSR count). The van der Waals surface area contributed by atoms with Gasteiger partial charge in [0.25, 0.3) is 0 Å². The smallest absolute Gasteiger partial charge is 0.193 e. The number of ether oxygens (including phenoxy) is 1. The Morgan fingerprint density at radius 3 is 2.72 bits per heavy atom. The van der Waals surface area contributed by atoms with Crippen LogP contribution < -0.4 is 10.1 Å². The lowest BCUT2D eigenvalue weighted by Gasteiger charge is -2.15. The Balaban J connectivity index is 0.00000162. The number of nitrogens with one attached hydrogen (secondary N) is 1. The zero-order valence-electron chi connectivity index (χ0n) is 10.2. The molecule has 0 aliphatic carbocycles. The van der Waals surface area contributed by atoms with Gasteiger partial charge >= 0.3 is 0 Å². The average molecular weight is 382 g/mol. The van der Waals surface area contributed by atoms with Crippen molar-refractivity contribution in [3.8, 4) is 5.75 Å². The van der Waals surface area contributed by atoms with Crippen LogP contribution in [0.25, 0.3) is 0 Å². The van der Waals surface area contributed by atoms with Gasteiger partial charge < -0.3 is 15.0 Å². The number of likely N-dealkylation sites (N-methyl/N-ethyl adjacent to an activating group) is 1. The summed E-state index contributed by atoms with van der Waals surface area (Å²) in [7, 11) is 2.03. The molecular formula is C12H17ClIN3O. The molecule has 0 saturated carbocycles. The van der Waals surface area contributed by atoms with E-state index in [0.29, 0.717) is 6.61 Å². The molecule has 18 heavy (non-hydrogen) atoms. The molecule has 100 valence electrons. The SMILES string of the molecule is CN1CCN=C1NCCOc1ccc(Cl)cc1.I. The van der Waals surface area contributed by atoms with Gasteiger partial charge in [0.1, 0.15) is 12.4 Å². The number of benzene rings is 1. The third-order valence-corrected chi connectivity index (χ3v) is 2.78. The molecule has 0 atom stereocenters. The van der Waals surface area contributed by atoms with Gasteiger partial charge in [-0.3, -0.25) is 4.99 Å². The Morgan fingerprint density at radius 2 is 2.11 bits per heavy atom. The number of guanidine groups is 1. The fourth-order valence-electron chi connectivity index (χ4n) is 1.59. The quantitative estimate of drug-likeness (QED) is 0.642. The first-order valence-corrected chi connectivity index (χ1v) is 6.01. The van der Waals surface area contributed by atoms with Crippen molar-refractivity contribution < 1.29 is 4.74 Å². The van der Waals surface area contributed by atoms with E-state index in [1.165, 1.54) is 0 Å². The maximum Gasteiger partial charge on any atom is 0.193 e. The first-order valence-electron chi connectivity index (χ1n) is 5.63. The van der Waals surface area contributed by atoms with Crippen molar-refractivity contribution in [1.82, 2.24) is 10.2 Å². The topological polar surface area (TPSA) is 36.9 Å². The van der Waals surface area contributed by atoms with Crippen LogP contribution in [0.3, 0.4) is 0 Å². The van der Waals surface area contributed by atoms with Crippen molar-refractivity contribution in [2.24, 2.45) is 4.99 Å². The minimum atomic E-state index is 0. The second-order valence-corrected chi connectivity index (χ2v) is 4.29. The summed E-state index contributed by atoms with van der Waals surface area (Å²) in [6.45, 7) is 3.21. The maximum atomic E-state index is 5.79. The van der Waals surface area contributed by atoms with Crippen LogP contribution in [0.5, 0.6) is 5.75 Å². The predicted octanol–water partition coefficient (Wildman–Crippen LogP) is 2.23. The number of halogens is 2. The van der Waals surface area contributed by atoms with Crippen LogP contribution in [0.1, 0.15) is 0 Å². The van der Waals surface area contributed by atoms with Gasteiger partial charge in [-0.1, -0.05) is 11.6 Å². The largest absolute Gasteiger partial charge is 0.492 e. The molecule has 0 fully saturated rings. The van der Waals surface area contributed by atoms with Crippen molar-refractivity contribution >= 4 is 41.5 Å². The second-order valence-electron chi connectivity index (χ2n) is 3.86. The highest BCUT2D eigenvalue weighted by atomic mass is 127. The fraction of sp³-hybridized carbons (Fsp3) is 0.417. The monoisotopic (exact) mass is 381 g/mol. The number of hydrogen-bond donors (Lipinski definition) is 1. The number of hydrogen-bond acceptors (Lipinski definition) is 4. The lowest BCUT2D eigenvalue weighted by Crippen LogP contribution is -2.37. The molecule has 1 N–H and O–H groups in total. The Bertz CT molecular complexity index is 397. The van der Waals surface area contributed by atoms with Crippen molar-refractivity contribution in [3.05, 3.63) is 29.3 Å². The standard InChI is InChI=1S/C12H16ClN3O.HI/c1-16-8-6-14-12(16)15-7-9-17-11-4-2-10(13)3-5-11;/h2-5H,6-9H2,1H3,(H,14,15);1H. The zero-order valence-corrected chi connectivity index (χ0v) is 13.3. The fourth-order valence-corrected chi connectivity index (χ4v) is 1.71. The van der Waals surface area contributed by atoms with Crippen LogP contribution in [0.15, 0.2) is 29.3 Å². The van der Waals surface area contributed by atoms with Crippen LogP contribution in [-0.2, 0) is 0 Å². The van der Waals surface area contributed by atoms with Crippen molar-refractivity contribution in [2.75, 3.05) is 33.3 Å². The molecule has 1 aliphatic rings. The van der Waals surface area contributed by atoms with Gasteiger partial charge in [-0.15, -0.1) is 24.0 Å². The molecule has 4 nitrogen and oxygen atoms in total. The number of rotatable bonds is 4. The summed E-state index contributed by atoms with van der Waals surface area (Å²) >= 11 is 5.79. The average Bonchev–Trinajstić information content (AvgIpc) is 2.73. The molecule has 1 aromatic carbocycles. The van der Waals surface area contributed by atoms with Gasteiger partial charge in [0, 0.05) is 18.6 Å². The zero-order chi connectivity index (χ0) is 12.1.